The number of nitrogen functional groups attached to an aromatic ring is 2. The molecule has 2 heterocycles. The van der Waals surface area contributed by atoms with E-state index in [0.29, 0.717) is 19.0 Å². The van der Waals surface area contributed by atoms with Gasteiger partial charge in [0.15, 0.2) is 28.4 Å². The Labute approximate surface area is 190 Å². The molecular formula is C20H25ClN8O3. The molecule has 12 heteroatoms. The Hall–Kier alpha value is -3.60. The van der Waals surface area contributed by atoms with Gasteiger partial charge in [0.2, 0.25) is 0 Å². The van der Waals surface area contributed by atoms with E-state index < -0.39 is 12.0 Å². The van der Waals surface area contributed by atoms with Crippen LogP contribution in [0.25, 0.3) is 0 Å². The van der Waals surface area contributed by atoms with Crippen molar-refractivity contribution in [3.8, 4) is 0 Å². The zero-order chi connectivity index (χ0) is 22.9. The average molecular weight is 461 g/mol. The Balaban J connectivity index is 1.33. The number of carbonyl (C=O) groups is 2. The summed E-state index contributed by atoms with van der Waals surface area (Å²) >= 11 is 5.80. The van der Waals surface area contributed by atoms with Crippen molar-refractivity contribution in [1.29, 1.82) is 0 Å². The summed E-state index contributed by atoms with van der Waals surface area (Å²) in [7, 11) is 0. The Morgan fingerprint density at radius 3 is 2.75 bits per heavy atom. The molecule has 32 heavy (non-hydrogen) atoms. The number of aromatic nitrogens is 2. The van der Waals surface area contributed by atoms with Crippen LogP contribution in [0.5, 0.6) is 0 Å². The van der Waals surface area contributed by atoms with Gasteiger partial charge < -0.3 is 32.2 Å². The lowest BCUT2D eigenvalue weighted by atomic mass is 10.1. The molecule has 3 rings (SSSR count). The zero-order valence-electron chi connectivity index (χ0n) is 17.3. The third-order valence-corrected chi connectivity index (χ3v) is 4.92. The topological polar surface area (TPSA) is 170 Å². The van der Waals surface area contributed by atoms with Gasteiger partial charge in [0.25, 0.3) is 0 Å². The second-order valence-electron chi connectivity index (χ2n) is 7.11. The summed E-state index contributed by atoms with van der Waals surface area (Å²) in [5.41, 5.74) is 12.0. The fraction of sp³-hybridized carbons (Fsp3) is 0.350. The molecule has 1 saturated heterocycles. The number of nitrogens with zero attached hydrogens (tertiary/aromatic N) is 3. The summed E-state index contributed by atoms with van der Waals surface area (Å²) in [6, 6.07) is 9.59. The van der Waals surface area contributed by atoms with Gasteiger partial charge in [-0.15, -0.1) is 0 Å². The molecule has 0 spiro atoms. The molecular weight excluding hydrogens is 436 g/mol. The highest BCUT2D eigenvalue weighted by atomic mass is 35.5. The summed E-state index contributed by atoms with van der Waals surface area (Å²) in [4.78, 5) is 35.6. The molecule has 170 valence electrons. The molecule has 1 unspecified atom stereocenters. The molecule has 7 N–H and O–H groups in total. The molecule has 0 aliphatic carbocycles. The molecule has 2 aromatic rings. The number of aliphatic imine (C=N–C) groups is 1. The van der Waals surface area contributed by atoms with Gasteiger partial charge >= 0.3 is 12.0 Å². The highest BCUT2D eigenvalue weighted by Crippen LogP contribution is 2.18. The van der Waals surface area contributed by atoms with Gasteiger partial charge in [-0.1, -0.05) is 41.9 Å². The smallest absolute Gasteiger partial charge is 0.407 e. The molecule has 0 saturated carbocycles. The number of guanidine groups is 1. The summed E-state index contributed by atoms with van der Waals surface area (Å²) in [5.74, 6) is -0.530. The van der Waals surface area contributed by atoms with Crippen LogP contribution in [0.1, 0.15) is 35.3 Å². The number of rotatable bonds is 8. The number of amides is 2. The van der Waals surface area contributed by atoms with E-state index in [9.17, 15) is 9.59 Å². The fourth-order valence-corrected chi connectivity index (χ4v) is 3.12. The van der Waals surface area contributed by atoms with E-state index in [4.69, 9.17) is 27.8 Å². The summed E-state index contributed by atoms with van der Waals surface area (Å²) in [5, 5.41) is 8.79. The number of halogens is 1. The predicted octanol–water partition coefficient (Wildman–Crippen LogP) is 1.45. The molecule has 1 aliphatic rings. The van der Waals surface area contributed by atoms with Gasteiger partial charge in [-0.05, 0) is 24.8 Å². The van der Waals surface area contributed by atoms with Crippen molar-refractivity contribution in [3.63, 3.8) is 0 Å². The third kappa shape index (κ3) is 6.71. The van der Waals surface area contributed by atoms with Crippen LogP contribution in [0.2, 0.25) is 5.15 Å². The second kappa shape index (κ2) is 11.1. The van der Waals surface area contributed by atoms with E-state index in [-0.39, 0.29) is 35.1 Å². The molecule has 0 bridgehead atoms. The maximum absolute atomic E-state index is 12.3. The maximum atomic E-state index is 12.3. The van der Waals surface area contributed by atoms with Crippen molar-refractivity contribution >= 4 is 41.2 Å². The number of benzene rings is 1. The molecule has 1 aromatic heterocycles. The SMILES string of the molecule is Nc1nc(N)c(C(=O)/N=C2/NCC(CCCCNC(=O)OCc3ccccc3)N2)nc1Cl. The highest BCUT2D eigenvalue weighted by molar-refractivity contribution is 6.31. The molecule has 1 fully saturated rings. The molecule has 1 atom stereocenters. The van der Waals surface area contributed by atoms with Gasteiger partial charge in [0.05, 0.1) is 0 Å². The molecule has 11 nitrogen and oxygen atoms in total. The largest absolute Gasteiger partial charge is 0.445 e. The van der Waals surface area contributed by atoms with E-state index in [1.54, 1.807) is 0 Å². The van der Waals surface area contributed by atoms with Gasteiger partial charge in [0.1, 0.15) is 6.61 Å². The van der Waals surface area contributed by atoms with Crippen molar-refractivity contribution < 1.29 is 14.3 Å². The Kier molecular flexibility index (Phi) is 8.03. The fourth-order valence-electron chi connectivity index (χ4n) is 3.00. The number of hydrogen-bond donors (Lipinski definition) is 5. The molecule has 2 amide bonds. The van der Waals surface area contributed by atoms with E-state index in [1.807, 2.05) is 30.3 Å². The second-order valence-corrected chi connectivity index (χ2v) is 7.46. The number of hydrogen-bond acceptors (Lipinski definition) is 7. The lowest BCUT2D eigenvalue weighted by Crippen LogP contribution is -2.29. The highest BCUT2D eigenvalue weighted by Gasteiger charge is 2.21. The van der Waals surface area contributed by atoms with Crippen LogP contribution in [0, 0.1) is 0 Å². The van der Waals surface area contributed by atoms with Gasteiger partial charge in [-0.2, -0.15) is 4.99 Å². The first-order chi connectivity index (χ1) is 15.4. The summed E-state index contributed by atoms with van der Waals surface area (Å²) in [6.07, 6.45) is 2.05. The number of ether oxygens (including phenoxy) is 1. The lowest BCUT2D eigenvalue weighted by molar-refractivity contribution is 0.0998. The first-order valence-corrected chi connectivity index (χ1v) is 10.5. The molecule has 1 aliphatic heterocycles. The van der Waals surface area contributed by atoms with Gasteiger partial charge in [-0.3, -0.25) is 4.79 Å². The monoisotopic (exact) mass is 460 g/mol. The third-order valence-electron chi connectivity index (χ3n) is 4.64. The number of alkyl carbamates (subject to hydrolysis) is 1. The first-order valence-electron chi connectivity index (χ1n) is 10.1. The van der Waals surface area contributed by atoms with Crippen molar-refractivity contribution in [1.82, 2.24) is 25.9 Å². The number of anilines is 2. The average Bonchev–Trinajstić information content (AvgIpc) is 3.22. The quantitative estimate of drug-likeness (QED) is 0.366. The van der Waals surface area contributed by atoms with E-state index in [0.717, 1.165) is 24.8 Å². The summed E-state index contributed by atoms with van der Waals surface area (Å²) in [6.45, 7) is 1.37. The number of nitrogens with one attached hydrogen (secondary N) is 3. The minimum absolute atomic E-state index is 0.0514. The standard InChI is InChI=1S/C20H25ClN8O3/c21-15-17(23)28-16(22)14(27-15)18(30)29-19-25-10-13(26-19)8-4-5-9-24-20(31)32-11-12-6-2-1-3-7-12/h1-3,6-7,13H,4-5,8-11H2,(H,24,31)(H4,22,23,28)(H2,25,26,29,30). The number of nitrogens with two attached hydrogens (primary N) is 2. The Bertz CT molecular complexity index is 986. The van der Waals surface area contributed by atoms with Crippen LogP contribution in [0.4, 0.5) is 16.4 Å². The summed E-state index contributed by atoms with van der Waals surface area (Å²) < 4.78 is 5.16. The van der Waals surface area contributed by atoms with Gasteiger partial charge in [-0.25, -0.2) is 14.8 Å². The van der Waals surface area contributed by atoms with Crippen LogP contribution in [-0.2, 0) is 11.3 Å². The number of unbranched alkanes of at least 4 members (excludes halogenated alkanes) is 1. The van der Waals surface area contributed by atoms with Gasteiger partial charge in [0, 0.05) is 19.1 Å². The van der Waals surface area contributed by atoms with Crippen LogP contribution >= 0.6 is 11.6 Å². The normalized spacial score (nSPS) is 16.3. The van der Waals surface area contributed by atoms with Crippen LogP contribution in [-0.4, -0.2) is 47.1 Å². The van der Waals surface area contributed by atoms with Crippen LogP contribution < -0.4 is 27.4 Å². The van der Waals surface area contributed by atoms with Crippen molar-refractivity contribution in [2.45, 2.75) is 31.9 Å². The zero-order valence-corrected chi connectivity index (χ0v) is 18.1. The van der Waals surface area contributed by atoms with Crippen molar-refractivity contribution in [2.24, 2.45) is 4.99 Å². The lowest BCUT2D eigenvalue weighted by Gasteiger charge is -2.10. The minimum Gasteiger partial charge on any atom is -0.445 e. The van der Waals surface area contributed by atoms with Crippen molar-refractivity contribution in [2.75, 3.05) is 24.6 Å². The van der Waals surface area contributed by atoms with Crippen LogP contribution in [0.3, 0.4) is 0 Å². The number of carbonyl (C=O) groups excluding carboxylic acids is 2. The first kappa shape index (κ1) is 23.1. The Morgan fingerprint density at radius 1 is 1.19 bits per heavy atom. The molecule has 0 radical (unpaired) electrons. The maximum Gasteiger partial charge on any atom is 0.407 e. The van der Waals surface area contributed by atoms with E-state index >= 15 is 0 Å². The molecule has 1 aromatic carbocycles. The van der Waals surface area contributed by atoms with E-state index in [2.05, 4.69) is 30.9 Å². The predicted molar refractivity (Wildman–Crippen MR) is 121 cm³/mol. The van der Waals surface area contributed by atoms with Crippen molar-refractivity contribution in [3.05, 3.63) is 46.7 Å². The Morgan fingerprint density at radius 2 is 1.97 bits per heavy atom. The van der Waals surface area contributed by atoms with Crippen LogP contribution in [0.15, 0.2) is 35.3 Å². The van der Waals surface area contributed by atoms with E-state index in [1.165, 1.54) is 0 Å². The minimum atomic E-state index is -0.675.